The number of rotatable bonds is 3. The van der Waals surface area contributed by atoms with Crippen molar-refractivity contribution in [3.63, 3.8) is 0 Å². The molecule has 1 aliphatic rings. The van der Waals surface area contributed by atoms with Crippen LogP contribution in [-0.2, 0) is 0 Å². The van der Waals surface area contributed by atoms with E-state index in [1.54, 1.807) is 0 Å². The van der Waals surface area contributed by atoms with Gasteiger partial charge in [-0.05, 0) is 30.9 Å². The van der Waals surface area contributed by atoms with Crippen LogP contribution in [0.1, 0.15) is 34.8 Å². The lowest BCUT2D eigenvalue weighted by atomic mass is 9.99. The van der Waals surface area contributed by atoms with Crippen molar-refractivity contribution < 1.29 is 19.4 Å². The summed E-state index contributed by atoms with van der Waals surface area (Å²) in [5, 5.41) is 18.5. The highest BCUT2D eigenvalue weighted by Crippen LogP contribution is 2.42. The Morgan fingerprint density at radius 2 is 2.06 bits per heavy atom. The summed E-state index contributed by atoms with van der Waals surface area (Å²) in [6.45, 7) is 0. The molecule has 0 spiro atoms. The van der Waals surface area contributed by atoms with E-state index in [-0.39, 0.29) is 23.9 Å². The lowest BCUT2D eigenvalue weighted by Gasteiger charge is -2.14. The first-order valence-electron chi connectivity index (χ1n) is 5.02. The molecule has 0 heterocycles. The van der Waals surface area contributed by atoms with Crippen LogP contribution < -0.4 is 5.73 Å². The van der Waals surface area contributed by atoms with Gasteiger partial charge in [0.1, 0.15) is 17.1 Å². The van der Waals surface area contributed by atoms with E-state index in [2.05, 4.69) is 0 Å². The molecule has 1 aromatic carbocycles. The topological polar surface area (TPSA) is 83.6 Å². The molecule has 0 unspecified atom stereocenters. The zero-order chi connectivity index (χ0) is 11.9. The van der Waals surface area contributed by atoms with E-state index in [1.165, 1.54) is 0 Å². The maximum Gasteiger partial charge on any atom is 0.339 e. The first kappa shape index (κ1) is 13.7. The van der Waals surface area contributed by atoms with E-state index in [9.17, 15) is 14.3 Å². The summed E-state index contributed by atoms with van der Waals surface area (Å²) >= 11 is 0. The predicted octanol–water partition coefficient (Wildman–Crippen LogP) is 2.06. The standard InChI is InChI=1S/C11H12FNO3.ClH/c12-6-3-7(9(13)5-1-2-5)10(14)8(4-6)11(15)16;/h3-5,9,14H,1-2,13H2,(H,15,16);1H/t9-;/m1./s1. The average molecular weight is 262 g/mol. The molecule has 4 nitrogen and oxygen atoms in total. The van der Waals surface area contributed by atoms with Crippen LogP contribution in [0.4, 0.5) is 4.39 Å². The van der Waals surface area contributed by atoms with Crippen LogP contribution in [0.5, 0.6) is 5.75 Å². The van der Waals surface area contributed by atoms with E-state index < -0.39 is 29.1 Å². The van der Waals surface area contributed by atoms with Crippen molar-refractivity contribution in [3.8, 4) is 5.75 Å². The van der Waals surface area contributed by atoms with Gasteiger partial charge in [-0.25, -0.2) is 9.18 Å². The SMILES string of the molecule is Cl.N[C@@H](c1cc(F)cc(C(=O)O)c1O)C1CC1. The van der Waals surface area contributed by atoms with Crippen molar-refractivity contribution in [1.29, 1.82) is 0 Å². The summed E-state index contributed by atoms with van der Waals surface area (Å²) in [6.07, 6.45) is 1.86. The number of aromatic carboxylic acids is 1. The van der Waals surface area contributed by atoms with Gasteiger partial charge in [-0.15, -0.1) is 12.4 Å². The van der Waals surface area contributed by atoms with Crippen molar-refractivity contribution >= 4 is 18.4 Å². The molecular weight excluding hydrogens is 249 g/mol. The maximum absolute atomic E-state index is 13.2. The molecule has 0 bridgehead atoms. The number of hydrogen-bond donors (Lipinski definition) is 3. The Kier molecular flexibility index (Phi) is 3.95. The Morgan fingerprint density at radius 3 is 2.53 bits per heavy atom. The summed E-state index contributed by atoms with van der Waals surface area (Å²) in [5.74, 6) is -2.26. The summed E-state index contributed by atoms with van der Waals surface area (Å²) in [6, 6.07) is 1.40. The van der Waals surface area contributed by atoms with Crippen molar-refractivity contribution in [2.45, 2.75) is 18.9 Å². The number of aromatic hydroxyl groups is 1. The van der Waals surface area contributed by atoms with Crippen LogP contribution in [0, 0.1) is 11.7 Å². The molecule has 1 atom stereocenters. The van der Waals surface area contributed by atoms with Gasteiger partial charge in [0.05, 0.1) is 0 Å². The van der Waals surface area contributed by atoms with Crippen molar-refractivity contribution in [2.24, 2.45) is 11.7 Å². The maximum atomic E-state index is 13.2. The highest BCUT2D eigenvalue weighted by atomic mass is 35.5. The Labute approximate surface area is 104 Å². The number of benzene rings is 1. The van der Waals surface area contributed by atoms with Gasteiger partial charge in [0, 0.05) is 11.6 Å². The molecule has 4 N–H and O–H groups in total. The number of halogens is 2. The minimum atomic E-state index is -1.36. The van der Waals surface area contributed by atoms with Crippen LogP contribution in [0.25, 0.3) is 0 Å². The van der Waals surface area contributed by atoms with E-state index in [1.807, 2.05) is 0 Å². The molecule has 0 aromatic heterocycles. The molecule has 1 fully saturated rings. The monoisotopic (exact) mass is 261 g/mol. The average Bonchev–Trinajstić information content (AvgIpc) is 3.03. The second-order valence-corrected chi connectivity index (χ2v) is 4.06. The first-order valence-corrected chi connectivity index (χ1v) is 5.02. The molecule has 0 saturated heterocycles. The largest absolute Gasteiger partial charge is 0.507 e. The van der Waals surface area contributed by atoms with Gasteiger partial charge in [-0.1, -0.05) is 0 Å². The third kappa shape index (κ3) is 2.68. The molecule has 0 radical (unpaired) electrons. The van der Waals surface area contributed by atoms with Gasteiger partial charge in [0.15, 0.2) is 0 Å². The second-order valence-electron chi connectivity index (χ2n) is 4.06. The molecule has 1 aliphatic carbocycles. The number of hydrogen-bond acceptors (Lipinski definition) is 3. The number of carbonyl (C=O) groups is 1. The van der Waals surface area contributed by atoms with Crippen molar-refractivity contribution in [2.75, 3.05) is 0 Å². The van der Waals surface area contributed by atoms with Gasteiger partial charge in [0.2, 0.25) is 0 Å². The fourth-order valence-corrected chi connectivity index (χ4v) is 1.75. The fraction of sp³-hybridized carbons (Fsp3) is 0.364. The Balaban J connectivity index is 0.00000144. The van der Waals surface area contributed by atoms with Crippen LogP contribution in [-0.4, -0.2) is 16.2 Å². The Morgan fingerprint density at radius 1 is 1.47 bits per heavy atom. The third-order valence-corrected chi connectivity index (χ3v) is 2.82. The van der Waals surface area contributed by atoms with Crippen molar-refractivity contribution in [3.05, 3.63) is 29.1 Å². The van der Waals surface area contributed by atoms with Crippen LogP contribution >= 0.6 is 12.4 Å². The zero-order valence-electron chi connectivity index (χ0n) is 8.89. The number of nitrogens with two attached hydrogens (primary N) is 1. The Bertz CT molecular complexity index is 449. The predicted molar refractivity (Wildman–Crippen MR) is 61.9 cm³/mol. The molecular formula is C11H13ClFNO3. The minimum Gasteiger partial charge on any atom is -0.507 e. The Hall–Kier alpha value is -1.33. The molecule has 0 amide bonds. The highest BCUT2D eigenvalue weighted by molar-refractivity contribution is 5.91. The first-order chi connectivity index (χ1) is 7.50. The fourth-order valence-electron chi connectivity index (χ4n) is 1.75. The van der Waals surface area contributed by atoms with Gasteiger partial charge in [-0.2, -0.15) is 0 Å². The summed E-state index contributed by atoms with van der Waals surface area (Å²) in [7, 11) is 0. The third-order valence-electron chi connectivity index (χ3n) is 2.82. The molecule has 17 heavy (non-hydrogen) atoms. The van der Waals surface area contributed by atoms with Crippen molar-refractivity contribution in [1.82, 2.24) is 0 Å². The molecule has 1 saturated carbocycles. The number of phenols is 1. The van der Waals surface area contributed by atoms with E-state index in [0.717, 1.165) is 25.0 Å². The molecule has 94 valence electrons. The van der Waals surface area contributed by atoms with Gasteiger partial charge in [-0.3, -0.25) is 0 Å². The molecule has 2 rings (SSSR count). The number of carboxylic acid groups (broad SMARTS) is 1. The normalized spacial score (nSPS) is 16.1. The van der Waals surface area contributed by atoms with E-state index in [4.69, 9.17) is 10.8 Å². The van der Waals surface area contributed by atoms with Crippen LogP contribution in [0.3, 0.4) is 0 Å². The van der Waals surface area contributed by atoms with Gasteiger partial charge in [0.25, 0.3) is 0 Å². The quantitative estimate of drug-likeness (QED) is 0.778. The summed E-state index contributed by atoms with van der Waals surface area (Å²) in [5.41, 5.74) is 5.56. The number of carboxylic acids is 1. The highest BCUT2D eigenvalue weighted by Gasteiger charge is 2.32. The lowest BCUT2D eigenvalue weighted by Crippen LogP contribution is -2.14. The van der Waals surface area contributed by atoms with Gasteiger partial charge >= 0.3 is 5.97 Å². The summed E-state index contributed by atoms with van der Waals surface area (Å²) in [4.78, 5) is 10.8. The molecule has 6 heteroatoms. The van der Waals surface area contributed by atoms with Crippen LogP contribution in [0.15, 0.2) is 12.1 Å². The molecule has 0 aliphatic heterocycles. The van der Waals surface area contributed by atoms with Gasteiger partial charge < -0.3 is 15.9 Å². The minimum absolute atomic E-state index is 0. The summed E-state index contributed by atoms with van der Waals surface area (Å²) < 4.78 is 13.2. The van der Waals surface area contributed by atoms with Crippen LogP contribution in [0.2, 0.25) is 0 Å². The van der Waals surface area contributed by atoms with E-state index in [0.29, 0.717) is 0 Å². The molecule has 1 aromatic rings. The zero-order valence-corrected chi connectivity index (χ0v) is 9.71. The van der Waals surface area contributed by atoms with E-state index >= 15 is 0 Å². The second kappa shape index (κ2) is 4.89. The lowest BCUT2D eigenvalue weighted by molar-refractivity contribution is 0.0693. The smallest absolute Gasteiger partial charge is 0.339 e.